The lowest BCUT2D eigenvalue weighted by Crippen LogP contribution is -2.55. The molecule has 3 atom stereocenters. The van der Waals surface area contributed by atoms with Crippen molar-refractivity contribution >= 4 is 35.2 Å². The van der Waals surface area contributed by atoms with Crippen LogP contribution >= 0.6 is 11.6 Å². The van der Waals surface area contributed by atoms with Crippen molar-refractivity contribution < 1.29 is 19.2 Å². The Morgan fingerprint density at radius 3 is 2.36 bits per heavy atom. The van der Waals surface area contributed by atoms with E-state index in [2.05, 4.69) is 51.5 Å². The molecule has 4 aliphatic rings. The van der Waals surface area contributed by atoms with Crippen molar-refractivity contribution in [2.75, 3.05) is 13.1 Å². The number of imide groups is 1. The van der Waals surface area contributed by atoms with Gasteiger partial charge in [0.15, 0.2) is 0 Å². The first-order chi connectivity index (χ1) is 20.4. The Bertz CT molecular complexity index is 1590. The van der Waals surface area contributed by atoms with Crippen molar-refractivity contribution in [3.05, 3.63) is 94.0 Å². The number of hydrogen-bond donors (Lipinski definition) is 1. The van der Waals surface area contributed by atoms with E-state index in [9.17, 15) is 19.2 Å². The number of carbonyl (C=O) groups excluding carboxylic acids is 4. The molecular formula is C33H31ClN4O4. The number of halogens is 1. The van der Waals surface area contributed by atoms with Crippen LogP contribution in [0.15, 0.2) is 66.7 Å². The van der Waals surface area contributed by atoms with Crippen LogP contribution in [0.2, 0.25) is 5.02 Å². The van der Waals surface area contributed by atoms with Crippen LogP contribution < -0.4 is 5.32 Å². The average Bonchev–Trinajstić information content (AvgIpc) is 3.45. The molecule has 0 aliphatic carbocycles. The van der Waals surface area contributed by atoms with Gasteiger partial charge in [0.1, 0.15) is 6.04 Å². The van der Waals surface area contributed by atoms with Crippen LogP contribution in [0, 0.1) is 0 Å². The lowest BCUT2D eigenvalue weighted by atomic mass is 9.98. The summed E-state index contributed by atoms with van der Waals surface area (Å²) in [7, 11) is 0. The van der Waals surface area contributed by atoms with Gasteiger partial charge in [0.25, 0.3) is 11.8 Å². The predicted molar refractivity (Wildman–Crippen MR) is 158 cm³/mol. The van der Waals surface area contributed by atoms with Crippen LogP contribution in [-0.2, 0) is 22.7 Å². The fourth-order valence-corrected chi connectivity index (χ4v) is 7.24. The summed E-state index contributed by atoms with van der Waals surface area (Å²) in [6.45, 7) is 2.69. The summed E-state index contributed by atoms with van der Waals surface area (Å²) < 4.78 is 0. The van der Waals surface area contributed by atoms with Crippen molar-refractivity contribution in [1.29, 1.82) is 0 Å². The van der Waals surface area contributed by atoms with Crippen molar-refractivity contribution in [2.45, 2.75) is 56.9 Å². The second-order valence-corrected chi connectivity index (χ2v) is 12.2. The molecule has 4 aliphatic heterocycles. The molecule has 3 aromatic rings. The zero-order chi connectivity index (χ0) is 29.0. The molecule has 4 amide bonds. The van der Waals surface area contributed by atoms with Crippen molar-refractivity contribution in [1.82, 2.24) is 20.0 Å². The number of fused-ring (bicyclic) bond motifs is 3. The number of piperazine rings is 1. The van der Waals surface area contributed by atoms with Gasteiger partial charge in [-0.2, -0.15) is 0 Å². The highest BCUT2D eigenvalue weighted by Gasteiger charge is 2.44. The maximum atomic E-state index is 13.8. The summed E-state index contributed by atoms with van der Waals surface area (Å²) >= 11 is 6.12. The molecule has 0 saturated carbocycles. The van der Waals surface area contributed by atoms with E-state index in [1.165, 1.54) is 16.0 Å². The SMILES string of the molecule is O=C1CCC(N2Cc3cc(C(=O)N4C5CCC4CN(Cc4ccccc4-c4ccc(Cl)cc4)C5)ccc3C2=O)C(=O)N1. The summed E-state index contributed by atoms with van der Waals surface area (Å²) in [5, 5.41) is 3.05. The van der Waals surface area contributed by atoms with E-state index in [-0.39, 0.29) is 42.8 Å². The highest BCUT2D eigenvalue weighted by atomic mass is 35.5. The van der Waals surface area contributed by atoms with Crippen LogP contribution in [0.1, 0.15) is 57.5 Å². The third-order valence-electron chi connectivity index (χ3n) is 9.13. The summed E-state index contributed by atoms with van der Waals surface area (Å²) in [5.41, 5.74) is 5.42. The monoisotopic (exact) mass is 582 g/mol. The number of likely N-dealkylation sites (tertiary alicyclic amines) is 1. The Kier molecular flexibility index (Phi) is 6.83. The number of nitrogens with one attached hydrogen (secondary N) is 1. The van der Waals surface area contributed by atoms with Gasteiger partial charge in [-0.15, -0.1) is 0 Å². The van der Waals surface area contributed by atoms with Gasteiger partial charge < -0.3 is 9.80 Å². The quantitative estimate of drug-likeness (QED) is 0.454. The molecular weight excluding hydrogens is 552 g/mol. The van der Waals surface area contributed by atoms with Gasteiger partial charge in [-0.1, -0.05) is 48.0 Å². The maximum Gasteiger partial charge on any atom is 0.255 e. The third kappa shape index (κ3) is 4.78. The fourth-order valence-electron chi connectivity index (χ4n) is 7.12. The topological polar surface area (TPSA) is 90.0 Å². The van der Waals surface area contributed by atoms with Gasteiger partial charge in [-0.25, -0.2) is 0 Å². The summed E-state index contributed by atoms with van der Waals surface area (Å²) in [6, 6.07) is 21.2. The van der Waals surface area contributed by atoms with E-state index in [1.807, 2.05) is 18.2 Å². The first kappa shape index (κ1) is 26.9. The first-order valence-corrected chi connectivity index (χ1v) is 14.9. The summed E-state index contributed by atoms with van der Waals surface area (Å²) in [5.74, 6) is -0.979. The minimum absolute atomic E-state index is 0.00146. The number of carbonyl (C=O) groups is 4. The Morgan fingerprint density at radius 2 is 1.62 bits per heavy atom. The van der Waals surface area contributed by atoms with Gasteiger partial charge in [-0.05, 0) is 71.8 Å². The highest BCUT2D eigenvalue weighted by Crippen LogP contribution is 2.35. The molecule has 3 saturated heterocycles. The number of piperidine rings is 1. The molecule has 0 radical (unpaired) electrons. The Labute approximate surface area is 249 Å². The Morgan fingerprint density at radius 1 is 0.881 bits per heavy atom. The number of amides is 4. The number of nitrogens with zero attached hydrogens (tertiary/aromatic N) is 3. The van der Waals surface area contributed by atoms with Gasteiger partial charge in [0, 0.05) is 60.8 Å². The molecule has 1 N–H and O–H groups in total. The van der Waals surface area contributed by atoms with Crippen LogP contribution in [0.3, 0.4) is 0 Å². The van der Waals surface area contributed by atoms with Crippen LogP contribution in [-0.4, -0.2) is 69.5 Å². The van der Waals surface area contributed by atoms with Crippen molar-refractivity contribution in [2.24, 2.45) is 0 Å². The Balaban J connectivity index is 1.05. The molecule has 42 heavy (non-hydrogen) atoms. The van der Waals surface area contributed by atoms with Gasteiger partial charge in [0.2, 0.25) is 11.8 Å². The molecule has 0 aromatic heterocycles. The fraction of sp³-hybridized carbons (Fsp3) is 0.333. The van der Waals surface area contributed by atoms with Crippen LogP contribution in [0.5, 0.6) is 0 Å². The number of benzene rings is 3. The van der Waals surface area contributed by atoms with Crippen LogP contribution in [0.25, 0.3) is 11.1 Å². The molecule has 9 heteroatoms. The van der Waals surface area contributed by atoms with Crippen molar-refractivity contribution in [3.8, 4) is 11.1 Å². The van der Waals surface area contributed by atoms with Gasteiger partial charge >= 0.3 is 0 Å². The Hall–Kier alpha value is -4.01. The molecule has 3 unspecified atom stereocenters. The zero-order valence-corrected chi connectivity index (χ0v) is 23.8. The second-order valence-electron chi connectivity index (χ2n) is 11.7. The lowest BCUT2D eigenvalue weighted by molar-refractivity contribution is -0.136. The van der Waals surface area contributed by atoms with Gasteiger partial charge in [-0.3, -0.25) is 29.4 Å². The van der Waals surface area contributed by atoms with E-state index in [0.29, 0.717) is 17.5 Å². The van der Waals surface area contributed by atoms with Crippen LogP contribution in [0.4, 0.5) is 0 Å². The molecule has 214 valence electrons. The molecule has 7 rings (SSSR count). The van der Waals surface area contributed by atoms with E-state index in [0.717, 1.165) is 48.6 Å². The molecule has 4 heterocycles. The largest absolute Gasteiger partial charge is 0.330 e. The standard InChI is InChI=1S/C33H31ClN4O4/c34-24-8-5-20(6-9-24)27-4-2-1-3-22(27)16-36-18-25-10-11-26(19-36)38(25)32(41)21-7-12-28-23(15-21)17-37(33(28)42)29-13-14-30(39)35-31(29)40/h1-9,12,15,25-26,29H,10-11,13-14,16-19H2,(H,35,39,40). The summed E-state index contributed by atoms with van der Waals surface area (Å²) in [4.78, 5) is 56.9. The molecule has 3 aromatic carbocycles. The second kappa shape index (κ2) is 10.7. The van der Waals surface area contributed by atoms with E-state index in [1.54, 1.807) is 12.1 Å². The minimum Gasteiger partial charge on any atom is -0.330 e. The van der Waals surface area contributed by atoms with E-state index in [4.69, 9.17) is 11.6 Å². The molecule has 3 fully saturated rings. The number of hydrogen-bond acceptors (Lipinski definition) is 5. The third-order valence-corrected chi connectivity index (χ3v) is 9.38. The van der Waals surface area contributed by atoms with Crippen molar-refractivity contribution in [3.63, 3.8) is 0 Å². The minimum atomic E-state index is -0.671. The first-order valence-electron chi connectivity index (χ1n) is 14.5. The predicted octanol–water partition coefficient (Wildman–Crippen LogP) is 4.26. The van der Waals surface area contributed by atoms with E-state index < -0.39 is 11.9 Å². The maximum absolute atomic E-state index is 13.8. The smallest absolute Gasteiger partial charge is 0.255 e. The molecule has 2 bridgehead atoms. The summed E-state index contributed by atoms with van der Waals surface area (Å²) in [6.07, 6.45) is 2.46. The van der Waals surface area contributed by atoms with Gasteiger partial charge in [0.05, 0.1) is 0 Å². The lowest BCUT2D eigenvalue weighted by Gasteiger charge is -2.41. The highest BCUT2D eigenvalue weighted by molar-refractivity contribution is 6.30. The molecule has 0 spiro atoms. The average molecular weight is 583 g/mol. The van der Waals surface area contributed by atoms with E-state index >= 15 is 0 Å². The molecule has 8 nitrogen and oxygen atoms in total. The normalized spacial score (nSPS) is 23.7. The number of rotatable bonds is 5. The zero-order valence-electron chi connectivity index (χ0n) is 23.1.